The molecule has 0 aromatic heterocycles. The van der Waals surface area contributed by atoms with E-state index in [1.807, 2.05) is 0 Å². The van der Waals surface area contributed by atoms with Crippen molar-refractivity contribution < 1.29 is 4.74 Å². The summed E-state index contributed by atoms with van der Waals surface area (Å²) >= 11 is 0. The van der Waals surface area contributed by atoms with Crippen LogP contribution < -0.4 is 5.32 Å². The molecule has 18 heavy (non-hydrogen) atoms. The van der Waals surface area contributed by atoms with E-state index < -0.39 is 0 Å². The van der Waals surface area contributed by atoms with Crippen LogP contribution in [0.2, 0.25) is 0 Å². The van der Waals surface area contributed by atoms with Crippen LogP contribution in [-0.4, -0.2) is 24.3 Å². The van der Waals surface area contributed by atoms with Gasteiger partial charge in [0.1, 0.15) is 0 Å². The molecule has 1 aliphatic heterocycles. The minimum Gasteiger partial charge on any atom is -0.375 e. The molecular formula is C16H33NO. The Labute approximate surface area is 114 Å². The van der Waals surface area contributed by atoms with Gasteiger partial charge in [-0.25, -0.2) is 0 Å². The van der Waals surface area contributed by atoms with Gasteiger partial charge in [0.2, 0.25) is 0 Å². The molecule has 0 radical (unpaired) electrons. The normalized spacial score (nSPS) is 28.3. The Kier molecular flexibility index (Phi) is 5.67. The van der Waals surface area contributed by atoms with Crippen molar-refractivity contribution in [1.82, 2.24) is 5.32 Å². The van der Waals surface area contributed by atoms with Gasteiger partial charge >= 0.3 is 0 Å². The van der Waals surface area contributed by atoms with Crippen LogP contribution in [-0.2, 0) is 4.74 Å². The predicted molar refractivity (Wildman–Crippen MR) is 79.0 cm³/mol. The smallest absolute Gasteiger partial charge is 0.0585 e. The van der Waals surface area contributed by atoms with Crippen molar-refractivity contribution in [2.45, 2.75) is 91.4 Å². The molecule has 1 saturated heterocycles. The second-order valence-electron chi connectivity index (χ2n) is 7.51. The van der Waals surface area contributed by atoms with E-state index in [2.05, 4.69) is 46.9 Å². The van der Waals surface area contributed by atoms with Gasteiger partial charge in [-0.2, -0.15) is 0 Å². The monoisotopic (exact) mass is 255 g/mol. The van der Waals surface area contributed by atoms with Crippen LogP contribution >= 0.6 is 0 Å². The predicted octanol–water partition coefficient (Wildman–Crippen LogP) is 4.14. The molecule has 2 heteroatoms. The van der Waals surface area contributed by atoms with Crippen LogP contribution in [0.1, 0.15) is 73.6 Å². The van der Waals surface area contributed by atoms with Gasteiger partial charge in [0.05, 0.1) is 12.2 Å². The molecule has 0 aromatic rings. The molecule has 0 aromatic carbocycles. The summed E-state index contributed by atoms with van der Waals surface area (Å²) in [4.78, 5) is 0. The van der Waals surface area contributed by atoms with Crippen molar-refractivity contribution >= 4 is 0 Å². The Bertz CT molecular complexity index is 246. The van der Waals surface area contributed by atoms with Crippen molar-refractivity contribution in [1.29, 1.82) is 0 Å². The summed E-state index contributed by atoms with van der Waals surface area (Å²) in [6.07, 6.45) is 7.17. The van der Waals surface area contributed by atoms with E-state index in [0.717, 1.165) is 6.54 Å². The van der Waals surface area contributed by atoms with Crippen LogP contribution in [0.15, 0.2) is 0 Å². The second kappa shape index (κ2) is 6.38. The molecule has 0 amide bonds. The third-order valence-corrected chi connectivity index (χ3v) is 3.94. The van der Waals surface area contributed by atoms with Crippen LogP contribution in [0.25, 0.3) is 0 Å². The van der Waals surface area contributed by atoms with E-state index in [1.54, 1.807) is 0 Å². The molecule has 2 nitrogen and oxygen atoms in total. The van der Waals surface area contributed by atoms with Crippen molar-refractivity contribution in [3.05, 3.63) is 0 Å². The zero-order valence-electron chi connectivity index (χ0n) is 13.3. The highest BCUT2D eigenvalue weighted by molar-refractivity contribution is 4.85. The average Bonchev–Trinajstić information content (AvgIpc) is 2.60. The van der Waals surface area contributed by atoms with E-state index in [9.17, 15) is 0 Å². The summed E-state index contributed by atoms with van der Waals surface area (Å²) in [6.45, 7) is 14.7. The summed E-state index contributed by atoms with van der Waals surface area (Å²) in [6, 6.07) is 0. The fourth-order valence-corrected chi connectivity index (χ4v) is 2.93. The topological polar surface area (TPSA) is 21.3 Å². The maximum absolute atomic E-state index is 6.01. The summed E-state index contributed by atoms with van der Waals surface area (Å²) in [7, 11) is 0. The van der Waals surface area contributed by atoms with Crippen molar-refractivity contribution in [3.8, 4) is 0 Å². The SMILES string of the molecule is CCCC(C)(CNC(C)(C)C)CC1CCC(C)O1. The highest BCUT2D eigenvalue weighted by atomic mass is 16.5. The molecule has 108 valence electrons. The van der Waals surface area contributed by atoms with Gasteiger partial charge in [-0.05, 0) is 58.8 Å². The van der Waals surface area contributed by atoms with Gasteiger partial charge in [0.25, 0.3) is 0 Å². The fraction of sp³-hybridized carbons (Fsp3) is 1.00. The minimum atomic E-state index is 0.207. The second-order valence-corrected chi connectivity index (χ2v) is 7.51. The number of nitrogens with one attached hydrogen (secondary N) is 1. The third-order valence-electron chi connectivity index (χ3n) is 3.94. The molecule has 1 N–H and O–H groups in total. The minimum absolute atomic E-state index is 0.207. The molecule has 1 rings (SSSR count). The molecule has 0 saturated carbocycles. The number of hydrogen-bond acceptors (Lipinski definition) is 2. The van der Waals surface area contributed by atoms with Crippen molar-refractivity contribution in [2.75, 3.05) is 6.54 Å². The van der Waals surface area contributed by atoms with E-state index in [-0.39, 0.29) is 5.54 Å². The molecule has 0 spiro atoms. The Morgan fingerprint density at radius 1 is 1.17 bits per heavy atom. The van der Waals surface area contributed by atoms with Crippen LogP contribution in [0, 0.1) is 5.41 Å². The first kappa shape index (κ1) is 16.0. The van der Waals surface area contributed by atoms with Gasteiger partial charge < -0.3 is 10.1 Å². The number of rotatable bonds is 6. The zero-order chi connectivity index (χ0) is 13.8. The third kappa shape index (κ3) is 5.71. The number of hydrogen-bond donors (Lipinski definition) is 1. The maximum atomic E-state index is 6.01. The highest BCUT2D eigenvalue weighted by Gasteiger charge is 2.32. The quantitative estimate of drug-likeness (QED) is 0.770. The van der Waals surface area contributed by atoms with Gasteiger partial charge in [0, 0.05) is 12.1 Å². The molecule has 0 bridgehead atoms. The van der Waals surface area contributed by atoms with Crippen molar-refractivity contribution in [2.24, 2.45) is 5.41 Å². The van der Waals surface area contributed by atoms with Gasteiger partial charge in [-0.1, -0.05) is 20.3 Å². The van der Waals surface area contributed by atoms with Crippen molar-refractivity contribution in [3.63, 3.8) is 0 Å². The average molecular weight is 255 g/mol. The van der Waals surface area contributed by atoms with E-state index in [0.29, 0.717) is 17.6 Å². The Morgan fingerprint density at radius 3 is 2.28 bits per heavy atom. The first-order valence-electron chi connectivity index (χ1n) is 7.64. The fourth-order valence-electron chi connectivity index (χ4n) is 2.93. The van der Waals surface area contributed by atoms with Crippen LogP contribution in [0.3, 0.4) is 0 Å². The largest absolute Gasteiger partial charge is 0.375 e. The maximum Gasteiger partial charge on any atom is 0.0585 e. The molecule has 3 unspecified atom stereocenters. The zero-order valence-corrected chi connectivity index (χ0v) is 13.3. The number of ether oxygens (including phenoxy) is 1. The molecule has 1 fully saturated rings. The highest BCUT2D eigenvalue weighted by Crippen LogP contribution is 2.34. The van der Waals surface area contributed by atoms with E-state index >= 15 is 0 Å². The van der Waals surface area contributed by atoms with Gasteiger partial charge in [0.15, 0.2) is 0 Å². The van der Waals surface area contributed by atoms with Gasteiger partial charge in [-0.15, -0.1) is 0 Å². The lowest BCUT2D eigenvalue weighted by atomic mass is 9.79. The summed E-state index contributed by atoms with van der Waals surface area (Å²) in [5.74, 6) is 0. The lowest BCUT2D eigenvalue weighted by Crippen LogP contribution is -2.44. The van der Waals surface area contributed by atoms with Gasteiger partial charge in [-0.3, -0.25) is 0 Å². The molecule has 1 aliphatic rings. The standard InChI is InChI=1S/C16H33NO/c1-7-10-16(6,12-17-15(3,4)5)11-14-9-8-13(2)18-14/h13-14,17H,7-12H2,1-6H3. The Morgan fingerprint density at radius 2 is 1.83 bits per heavy atom. The van der Waals surface area contributed by atoms with Crippen LogP contribution in [0.4, 0.5) is 0 Å². The first-order chi connectivity index (χ1) is 8.24. The Balaban J connectivity index is 2.50. The van der Waals surface area contributed by atoms with E-state index in [4.69, 9.17) is 4.74 Å². The first-order valence-corrected chi connectivity index (χ1v) is 7.64. The molecular weight excluding hydrogens is 222 g/mol. The lowest BCUT2D eigenvalue weighted by molar-refractivity contribution is 0.0216. The van der Waals surface area contributed by atoms with E-state index in [1.165, 1.54) is 32.1 Å². The Hall–Kier alpha value is -0.0800. The summed E-state index contributed by atoms with van der Waals surface area (Å²) in [5.41, 5.74) is 0.579. The summed E-state index contributed by atoms with van der Waals surface area (Å²) in [5, 5.41) is 3.68. The van der Waals surface area contributed by atoms with Crippen LogP contribution in [0.5, 0.6) is 0 Å². The summed E-state index contributed by atoms with van der Waals surface area (Å²) < 4.78 is 6.01. The molecule has 0 aliphatic carbocycles. The molecule has 1 heterocycles. The molecule has 3 atom stereocenters. The lowest BCUT2D eigenvalue weighted by Gasteiger charge is -2.35.